The molecule has 0 fully saturated rings. The van der Waals surface area contributed by atoms with Gasteiger partial charge in [0.1, 0.15) is 22.8 Å². The van der Waals surface area contributed by atoms with Crippen LogP contribution in [0.4, 0.5) is 5.69 Å². The van der Waals surface area contributed by atoms with E-state index in [4.69, 9.17) is 30.2 Å². The quantitative estimate of drug-likeness (QED) is 0.156. The molecule has 1 heterocycles. The molecule has 0 unspecified atom stereocenters. The Balaban J connectivity index is 1.42. The number of amides is 2. The molecule has 1 aromatic heterocycles. The maximum atomic E-state index is 13.6. The van der Waals surface area contributed by atoms with Crippen molar-refractivity contribution < 1.29 is 38.1 Å². The molecular formula is C35H29ClN2O9. The average molecular weight is 657 g/mol. The number of nitrogens with one attached hydrogen (secondary N) is 2. The van der Waals surface area contributed by atoms with E-state index in [9.17, 15) is 24.3 Å². The lowest BCUT2D eigenvalue weighted by molar-refractivity contribution is -0.142. The van der Waals surface area contributed by atoms with Crippen LogP contribution in [0.1, 0.15) is 15.9 Å². The summed E-state index contributed by atoms with van der Waals surface area (Å²) in [6, 6.07) is 23.5. The summed E-state index contributed by atoms with van der Waals surface area (Å²) >= 11 is 5.93. The third kappa shape index (κ3) is 7.71. The fourth-order valence-electron chi connectivity index (χ4n) is 4.85. The standard InChI is InChI=1S/C35H29ClN2O9/c1-44-29-18-28-31(33(32(29)45-2)46-19-30(40)38-25(35(42)43)15-20-7-4-3-5-8-20)26(39)17-27(47-28)21-9-6-10-22(16-21)34(41)37-24-13-11-23(36)12-14-24/h3-14,16-18,25H,15,19H2,1-2H3,(H,37,41)(H,38,40)(H,42,43)/t25-/m0/s1. The fourth-order valence-corrected chi connectivity index (χ4v) is 4.97. The van der Waals surface area contributed by atoms with Crippen molar-refractivity contribution in [3.63, 3.8) is 0 Å². The smallest absolute Gasteiger partial charge is 0.326 e. The number of rotatable bonds is 12. The minimum absolute atomic E-state index is 0.0325. The van der Waals surface area contributed by atoms with Crippen LogP contribution in [-0.2, 0) is 16.0 Å². The number of fused-ring (bicyclic) bond motifs is 1. The Hall–Kier alpha value is -5.81. The lowest BCUT2D eigenvalue weighted by Gasteiger charge is -2.18. The molecule has 2 amide bonds. The van der Waals surface area contributed by atoms with Gasteiger partial charge in [0.25, 0.3) is 11.8 Å². The summed E-state index contributed by atoms with van der Waals surface area (Å²) < 4.78 is 22.8. The Morgan fingerprint density at radius 1 is 0.894 bits per heavy atom. The maximum absolute atomic E-state index is 13.6. The van der Waals surface area contributed by atoms with E-state index < -0.39 is 30.0 Å². The van der Waals surface area contributed by atoms with Gasteiger partial charge in [-0.1, -0.05) is 54.1 Å². The summed E-state index contributed by atoms with van der Waals surface area (Å²) in [4.78, 5) is 51.2. The molecule has 0 radical (unpaired) electrons. The first-order valence-electron chi connectivity index (χ1n) is 14.3. The lowest BCUT2D eigenvalue weighted by Crippen LogP contribution is -2.44. The highest BCUT2D eigenvalue weighted by Crippen LogP contribution is 2.43. The summed E-state index contributed by atoms with van der Waals surface area (Å²) in [6.45, 7) is -0.636. The number of benzene rings is 4. The molecule has 5 rings (SSSR count). The van der Waals surface area contributed by atoms with Gasteiger partial charge in [0, 0.05) is 40.4 Å². The summed E-state index contributed by atoms with van der Waals surface area (Å²) in [6.07, 6.45) is 0.0592. The molecule has 0 spiro atoms. The molecule has 0 bridgehead atoms. The van der Waals surface area contributed by atoms with Crippen LogP contribution in [0, 0.1) is 0 Å². The van der Waals surface area contributed by atoms with Gasteiger partial charge in [0.05, 0.1) is 14.2 Å². The van der Waals surface area contributed by atoms with Gasteiger partial charge >= 0.3 is 5.97 Å². The normalized spacial score (nSPS) is 11.4. The number of anilines is 1. The zero-order valence-electron chi connectivity index (χ0n) is 25.2. The third-order valence-corrected chi connectivity index (χ3v) is 7.35. The summed E-state index contributed by atoms with van der Waals surface area (Å²) in [5, 5.41) is 15.4. The maximum Gasteiger partial charge on any atom is 0.326 e. The molecule has 0 saturated heterocycles. The Bertz CT molecular complexity index is 1990. The Morgan fingerprint density at radius 2 is 1.64 bits per heavy atom. The number of carboxylic acids is 1. The highest BCUT2D eigenvalue weighted by molar-refractivity contribution is 6.30. The first kappa shape index (κ1) is 32.6. The van der Waals surface area contributed by atoms with Crippen LogP contribution in [-0.4, -0.2) is 49.8 Å². The van der Waals surface area contributed by atoms with E-state index in [0.717, 1.165) is 5.56 Å². The average Bonchev–Trinajstić information content (AvgIpc) is 3.07. The zero-order chi connectivity index (χ0) is 33.5. The van der Waals surface area contributed by atoms with Crippen molar-refractivity contribution in [2.75, 3.05) is 26.1 Å². The predicted molar refractivity (Wildman–Crippen MR) is 176 cm³/mol. The van der Waals surface area contributed by atoms with Gasteiger partial charge in [-0.2, -0.15) is 0 Å². The second kappa shape index (κ2) is 14.5. The SMILES string of the molecule is COc1cc2oc(-c3cccc(C(=O)Nc4ccc(Cl)cc4)c3)cc(=O)c2c(OCC(=O)N[C@@H](Cc2ccccc2)C(=O)O)c1OC. The van der Waals surface area contributed by atoms with Gasteiger partial charge in [-0.05, 0) is 42.0 Å². The van der Waals surface area contributed by atoms with Crippen LogP contribution in [0.3, 0.4) is 0 Å². The van der Waals surface area contributed by atoms with E-state index >= 15 is 0 Å². The predicted octanol–water partition coefficient (Wildman–Crippen LogP) is 5.57. The van der Waals surface area contributed by atoms with E-state index in [-0.39, 0.29) is 46.3 Å². The second-order valence-electron chi connectivity index (χ2n) is 10.3. The first-order valence-corrected chi connectivity index (χ1v) is 14.6. The third-order valence-electron chi connectivity index (χ3n) is 7.09. The summed E-state index contributed by atoms with van der Waals surface area (Å²) in [5.74, 6) is -2.11. The fraction of sp³-hybridized carbons (Fsp3) is 0.143. The zero-order valence-corrected chi connectivity index (χ0v) is 26.0. The molecule has 11 nitrogen and oxygen atoms in total. The van der Waals surface area contributed by atoms with Gasteiger partial charge in [0.2, 0.25) is 5.75 Å². The van der Waals surface area contributed by atoms with Crippen LogP contribution in [0.5, 0.6) is 17.2 Å². The van der Waals surface area contributed by atoms with Crippen LogP contribution in [0.2, 0.25) is 5.02 Å². The van der Waals surface area contributed by atoms with E-state index in [0.29, 0.717) is 21.8 Å². The minimum Gasteiger partial charge on any atom is -0.493 e. The number of halogens is 1. The molecule has 4 aromatic carbocycles. The number of carbonyl (C=O) groups is 3. The number of carboxylic acid groups (broad SMARTS) is 1. The Labute approximate surface area is 273 Å². The number of methoxy groups -OCH3 is 2. The van der Waals surface area contributed by atoms with Gasteiger partial charge in [-0.25, -0.2) is 4.79 Å². The van der Waals surface area contributed by atoms with Crippen molar-refractivity contribution in [3.05, 3.63) is 117 Å². The minimum atomic E-state index is -1.22. The van der Waals surface area contributed by atoms with Crippen LogP contribution >= 0.6 is 11.6 Å². The van der Waals surface area contributed by atoms with Gasteiger partial charge in [-0.15, -0.1) is 0 Å². The molecule has 12 heteroatoms. The van der Waals surface area contributed by atoms with Gasteiger partial charge in [0.15, 0.2) is 23.5 Å². The molecule has 47 heavy (non-hydrogen) atoms. The molecule has 0 aliphatic heterocycles. The van der Waals surface area contributed by atoms with Crippen molar-refractivity contribution in [3.8, 4) is 28.6 Å². The van der Waals surface area contributed by atoms with Crippen LogP contribution in [0.15, 0.2) is 100 Å². The first-order chi connectivity index (χ1) is 22.7. The number of ether oxygens (including phenoxy) is 3. The lowest BCUT2D eigenvalue weighted by atomic mass is 10.1. The molecule has 3 N–H and O–H groups in total. The number of hydrogen-bond acceptors (Lipinski definition) is 8. The monoisotopic (exact) mass is 656 g/mol. The van der Waals surface area contributed by atoms with E-state index in [1.54, 1.807) is 78.9 Å². The summed E-state index contributed by atoms with van der Waals surface area (Å²) in [7, 11) is 2.72. The van der Waals surface area contributed by atoms with Crippen molar-refractivity contribution >= 4 is 46.0 Å². The van der Waals surface area contributed by atoms with Crippen LogP contribution < -0.4 is 30.3 Å². The number of hydrogen-bond donors (Lipinski definition) is 3. The van der Waals surface area contributed by atoms with Crippen molar-refractivity contribution in [2.45, 2.75) is 12.5 Å². The van der Waals surface area contributed by atoms with E-state index in [1.807, 2.05) is 0 Å². The molecule has 0 aliphatic carbocycles. The second-order valence-corrected chi connectivity index (χ2v) is 10.7. The van der Waals surface area contributed by atoms with Crippen LogP contribution in [0.25, 0.3) is 22.3 Å². The molecular weight excluding hydrogens is 628 g/mol. The van der Waals surface area contributed by atoms with E-state index in [2.05, 4.69) is 10.6 Å². The topological polar surface area (TPSA) is 153 Å². The van der Waals surface area contributed by atoms with Crippen molar-refractivity contribution in [1.29, 1.82) is 0 Å². The number of aliphatic carboxylic acids is 1. The Kier molecular flexibility index (Phi) is 10.1. The molecule has 240 valence electrons. The molecule has 5 aromatic rings. The molecule has 0 aliphatic rings. The largest absolute Gasteiger partial charge is 0.493 e. The van der Waals surface area contributed by atoms with Crippen molar-refractivity contribution in [1.82, 2.24) is 5.32 Å². The molecule has 0 saturated carbocycles. The molecule has 1 atom stereocenters. The Morgan fingerprint density at radius 3 is 2.32 bits per heavy atom. The highest BCUT2D eigenvalue weighted by atomic mass is 35.5. The van der Waals surface area contributed by atoms with E-state index in [1.165, 1.54) is 26.4 Å². The van der Waals surface area contributed by atoms with Gasteiger partial charge in [-0.3, -0.25) is 14.4 Å². The van der Waals surface area contributed by atoms with Gasteiger partial charge < -0.3 is 34.4 Å². The van der Waals surface area contributed by atoms with Crippen molar-refractivity contribution in [2.24, 2.45) is 0 Å². The highest BCUT2D eigenvalue weighted by Gasteiger charge is 2.25. The summed E-state index contributed by atoms with van der Waals surface area (Å²) in [5.41, 5.74) is 1.57. The number of carbonyl (C=O) groups excluding carboxylic acids is 2.